The minimum absolute atomic E-state index is 0.0541. The third-order valence-electron chi connectivity index (χ3n) is 6.57. The first-order valence-corrected chi connectivity index (χ1v) is 9.55. The summed E-state index contributed by atoms with van der Waals surface area (Å²) in [6, 6.07) is 10.2. The van der Waals surface area contributed by atoms with Gasteiger partial charge in [0.1, 0.15) is 5.82 Å². The fourth-order valence-electron chi connectivity index (χ4n) is 5.10. The van der Waals surface area contributed by atoms with E-state index in [1.54, 1.807) is 0 Å². The maximum Gasteiger partial charge on any atom is 0.236 e. The van der Waals surface area contributed by atoms with E-state index in [4.69, 9.17) is 0 Å². The predicted molar refractivity (Wildman–Crippen MR) is 98.1 cm³/mol. The van der Waals surface area contributed by atoms with Gasteiger partial charge >= 0.3 is 0 Å². The largest absolute Gasteiger partial charge is 0.274 e. The van der Waals surface area contributed by atoms with Crippen LogP contribution in [0.4, 0.5) is 0 Å². The van der Waals surface area contributed by atoms with E-state index in [0.29, 0.717) is 11.6 Å². The number of carbonyl (C=O) groups is 2. The quantitative estimate of drug-likeness (QED) is 0.654. The molecule has 2 aromatic rings. The number of allylic oxidation sites excluding steroid dienone is 2. The second-order valence-corrected chi connectivity index (χ2v) is 8.06. The zero-order valence-electron chi connectivity index (χ0n) is 15.3. The van der Waals surface area contributed by atoms with Crippen LogP contribution in [-0.4, -0.2) is 31.9 Å². The molecule has 2 unspecified atom stereocenters. The smallest absolute Gasteiger partial charge is 0.236 e. The first-order chi connectivity index (χ1) is 13.1. The van der Waals surface area contributed by atoms with Crippen LogP contribution < -0.4 is 0 Å². The molecular weight excluding hydrogens is 340 g/mol. The van der Waals surface area contributed by atoms with Gasteiger partial charge in [0.25, 0.3) is 0 Å². The number of benzene rings is 1. The van der Waals surface area contributed by atoms with Gasteiger partial charge in [0, 0.05) is 6.42 Å². The molecule has 27 heavy (non-hydrogen) atoms. The van der Waals surface area contributed by atoms with Crippen LogP contribution in [0.2, 0.25) is 0 Å². The van der Waals surface area contributed by atoms with Gasteiger partial charge in [0.15, 0.2) is 5.82 Å². The lowest BCUT2D eigenvalue weighted by molar-refractivity contribution is -0.143. The topological polar surface area (TPSA) is 79.0 Å². The monoisotopic (exact) mass is 362 g/mol. The van der Waals surface area contributed by atoms with Crippen molar-refractivity contribution in [1.29, 1.82) is 0 Å². The number of carbonyl (C=O) groups excluding carboxylic acids is 2. The molecule has 2 bridgehead atoms. The first-order valence-electron chi connectivity index (χ1n) is 9.55. The molecule has 4 atom stereocenters. The van der Waals surface area contributed by atoms with Crippen molar-refractivity contribution in [3.63, 3.8) is 0 Å². The van der Waals surface area contributed by atoms with Gasteiger partial charge in [-0.25, -0.2) is 4.98 Å². The second-order valence-electron chi connectivity index (χ2n) is 8.06. The molecule has 1 aromatic heterocycles. The number of aryl methyl sites for hydroxylation is 2. The molecule has 1 saturated heterocycles. The van der Waals surface area contributed by atoms with E-state index in [1.165, 1.54) is 10.5 Å². The third kappa shape index (κ3) is 2.39. The summed E-state index contributed by atoms with van der Waals surface area (Å²) in [4.78, 5) is 31.9. The van der Waals surface area contributed by atoms with Crippen molar-refractivity contribution in [2.45, 2.75) is 32.7 Å². The van der Waals surface area contributed by atoms with E-state index in [1.807, 2.05) is 25.1 Å². The van der Waals surface area contributed by atoms with Crippen LogP contribution in [0.25, 0.3) is 0 Å². The molecule has 3 aliphatic rings. The number of likely N-dealkylation sites (tertiary alicyclic amines) is 1. The maximum atomic E-state index is 13.0. The Balaban J connectivity index is 1.29. The van der Waals surface area contributed by atoms with Crippen LogP contribution >= 0.6 is 0 Å². The molecule has 1 aromatic carbocycles. The molecule has 138 valence electrons. The van der Waals surface area contributed by atoms with E-state index in [0.717, 1.165) is 19.3 Å². The Labute approximate surface area is 157 Å². The molecule has 0 radical (unpaired) electrons. The average Bonchev–Trinajstić information content (AvgIpc) is 3.42. The number of hydrogen-bond acceptors (Lipinski definition) is 4. The van der Waals surface area contributed by atoms with E-state index in [9.17, 15) is 9.59 Å². The van der Waals surface area contributed by atoms with Gasteiger partial charge in [0.2, 0.25) is 11.8 Å². The number of rotatable bonds is 5. The van der Waals surface area contributed by atoms with Gasteiger partial charge in [-0.2, -0.15) is 5.10 Å². The van der Waals surface area contributed by atoms with Crippen LogP contribution in [0.15, 0.2) is 42.5 Å². The highest BCUT2D eigenvalue weighted by Gasteiger charge is 2.67. The number of hydrogen-bond donors (Lipinski definition) is 1. The summed E-state index contributed by atoms with van der Waals surface area (Å²) in [7, 11) is 0. The fraction of sp³-hybridized carbons (Fsp3) is 0.429. The first kappa shape index (κ1) is 16.4. The van der Waals surface area contributed by atoms with E-state index < -0.39 is 5.41 Å². The number of aromatic amines is 1. The van der Waals surface area contributed by atoms with Crippen molar-refractivity contribution in [3.05, 3.63) is 59.7 Å². The number of aromatic nitrogens is 3. The van der Waals surface area contributed by atoms with Gasteiger partial charge in [0.05, 0.1) is 17.9 Å². The second kappa shape index (κ2) is 5.87. The van der Waals surface area contributed by atoms with Crippen molar-refractivity contribution in [1.82, 2.24) is 20.1 Å². The van der Waals surface area contributed by atoms with E-state index >= 15 is 0 Å². The van der Waals surface area contributed by atoms with Gasteiger partial charge < -0.3 is 0 Å². The van der Waals surface area contributed by atoms with Gasteiger partial charge in [-0.15, -0.1) is 0 Å². The van der Waals surface area contributed by atoms with E-state index in [2.05, 4.69) is 39.5 Å². The summed E-state index contributed by atoms with van der Waals surface area (Å²) in [6.07, 6.45) is 6.73. The van der Waals surface area contributed by atoms with Gasteiger partial charge in [-0.1, -0.05) is 42.5 Å². The zero-order chi connectivity index (χ0) is 18.6. The lowest BCUT2D eigenvalue weighted by Gasteiger charge is -2.28. The molecule has 6 heteroatoms. The van der Waals surface area contributed by atoms with Crippen LogP contribution in [0, 0.1) is 23.2 Å². The third-order valence-corrected chi connectivity index (χ3v) is 6.57. The van der Waals surface area contributed by atoms with Crippen LogP contribution in [-0.2, 0) is 29.0 Å². The Bertz CT molecular complexity index is 935. The lowest BCUT2D eigenvalue weighted by atomic mass is 9.71. The Kier molecular flexibility index (Phi) is 3.57. The van der Waals surface area contributed by atoms with Crippen molar-refractivity contribution in [2.24, 2.45) is 23.2 Å². The summed E-state index contributed by atoms with van der Waals surface area (Å²) in [5.41, 5.74) is 0.657. The lowest BCUT2D eigenvalue weighted by Crippen LogP contribution is -2.37. The number of nitrogens with zero attached hydrogens (tertiary/aromatic N) is 3. The summed E-state index contributed by atoms with van der Waals surface area (Å²) < 4.78 is 0. The molecular formula is C21H22N4O2. The normalized spacial score (nSPS) is 31.1. The molecule has 0 spiro atoms. The Hall–Kier alpha value is -2.76. The number of amides is 2. The highest BCUT2D eigenvalue weighted by Crippen LogP contribution is 2.60. The number of nitrogens with one attached hydrogen (secondary N) is 1. The SMILES string of the molecule is CC12C(=O)N(Cc3nc(CCc4ccccc4)n[nH]3)C(=O)C1[C@H]1C=C[C@@H]2C1. The highest BCUT2D eigenvalue weighted by atomic mass is 16.2. The number of imide groups is 1. The molecule has 2 aliphatic carbocycles. The van der Waals surface area contributed by atoms with Crippen molar-refractivity contribution in [3.8, 4) is 0 Å². The molecule has 1 aliphatic heterocycles. The molecule has 5 rings (SSSR count). The Morgan fingerprint density at radius 3 is 2.78 bits per heavy atom. The molecule has 1 N–H and O–H groups in total. The minimum Gasteiger partial charge on any atom is -0.274 e. The highest BCUT2D eigenvalue weighted by molar-refractivity contribution is 6.08. The van der Waals surface area contributed by atoms with Crippen molar-refractivity contribution >= 4 is 11.8 Å². The average molecular weight is 362 g/mol. The van der Waals surface area contributed by atoms with Gasteiger partial charge in [-0.3, -0.25) is 19.6 Å². The van der Waals surface area contributed by atoms with Crippen molar-refractivity contribution in [2.75, 3.05) is 0 Å². The van der Waals surface area contributed by atoms with Gasteiger partial charge in [-0.05, 0) is 37.2 Å². The zero-order valence-corrected chi connectivity index (χ0v) is 15.3. The molecule has 1 saturated carbocycles. The summed E-state index contributed by atoms with van der Waals surface area (Å²) in [5.74, 6) is 1.35. The summed E-state index contributed by atoms with van der Waals surface area (Å²) in [6.45, 7) is 2.14. The maximum absolute atomic E-state index is 13.0. The fourth-order valence-corrected chi connectivity index (χ4v) is 5.10. The molecule has 2 amide bonds. The number of H-pyrrole nitrogens is 1. The Morgan fingerprint density at radius 1 is 1.19 bits per heavy atom. The van der Waals surface area contributed by atoms with Crippen molar-refractivity contribution < 1.29 is 9.59 Å². The molecule has 2 fully saturated rings. The minimum atomic E-state index is -0.577. The predicted octanol–water partition coefficient (Wildman–Crippen LogP) is 2.29. The summed E-state index contributed by atoms with van der Waals surface area (Å²) >= 11 is 0. The Morgan fingerprint density at radius 2 is 2.00 bits per heavy atom. The number of fused-ring (bicyclic) bond motifs is 5. The molecule has 2 heterocycles. The van der Waals surface area contributed by atoms with Crippen LogP contribution in [0.5, 0.6) is 0 Å². The van der Waals surface area contributed by atoms with E-state index in [-0.39, 0.29) is 36.1 Å². The standard InChI is InChI=1S/C21H22N4O2/c1-21-15-9-8-14(11-15)18(21)19(26)25(20(21)27)12-17-22-16(23-24-17)10-7-13-5-3-2-4-6-13/h2-6,8-9,14-15,18H,7,10-12H2,1H3,(H,22,23,24)/t14-,15+,18?,21?/m0/s1. The molecule has 6 nitrogen and oxygen atoms in total. The van der Waals surface area contributed by atoms with Crippen LogP contribution in [0.1, 0.15) is 30.6 Å². The summed E-state index contributed by atoms with van der Waals surface area (Å²) in [5, 5.41) is 7.16. The van der Waals surface area contributed by atoms with Crippen LogP contribution in [0.3, 0.4) is 0 Å².